The minimum absolute atomic E-state index is 0.212. The number of sulfone groups is 1. The molecule has 1 aromatic carbocycles. The van der Waals surface area contributed by atoms with Crippen molar-refractivity contribution in [2.45, 2.75) is 19.1 Å². The quantitative estimate of drug-likeness (QED) is 0.834. The summed E-state index contributed by atoms with van der Waals surface area (Å²) in [6.45, 7) is 6.67. The van der Waals surface area contributed by atoms with E-state index in [0.717, 1.165) is 5.56 Å². The van der Waals surface area contributed by atoms with Crippen molar-refractivity contribution in [3.05, 3.63) is 40.9 Å². The summed E-state index contributed by atoms with van der Waals surface area (Å²) in [5, 5.41) is 1.49. The van der Waals surface area contributed by atoms with Crippen LogP contribution in [0.2, 0.25) is 0 Å². The Balaban J connectivity index is 2.88. The van der Waals surface area contributed by atoms with Gasteiger partial charge in [0, 0.05) is 4.47 Å². The van der Waals surface area contributed by atoms with Gasteiger partial charge in [-0.1, -0.05) is 12.1 Å². The molecule has 0 bridgehead atoms. The van der Waals surface area contributed by atoms with Gasteiger partial charge in [-0.3, -0.25) is 4.79 Å². The SMILES string of the molecule is C=CCS(=O)(=O)C(C)C(=O)Nc1ccc(C)cc1Br. The maximum absolute atomic E-state index is 11.9. The average Bonchev–Trinajstić information content (AvgIpc) is 2.31. The van der Waals surface area contributed by atoms with E-state index in [1.807, 2.05) is 19.1 Å². The Morgan fingerprint density at radius 3 is 2.68 bits per heavy atom. The van der Waals surface area contributed by atoms with E-state index >= 15 is 0 Å². The minimum Gasteiger partial charge on any atom is -0.324 e. The number of carbonyl (C=O) groups is 1. The van der Waals surface area contributed by atoms with Crippen LogP contribution in [0.3, 0.4) is 0 Å². The van der Waals surface area contributed by atoms with Gasteiger partial charge in [-0.05, 0) is 47.5 Å². The van der Waals surface area contributed by atoms with Gasteiger partial charge in [0.1, 0.15) is 5.25 Å². The van der Waals surface area contributed by atoms with Crippen LogP contribution >= 0.6 is 15.9 Å². The zero-order valence-electron chi connectivity index (χ0n) is 10.8. The number of carbonyl (C=O) groups excluding carboxylic acids is 1. The highest BCUT2D eigenvalue weighted by atomic mass is 79.9. The van der Waals surface area contributed by atoms with Gasteiger partial charge in [0.2, 0.25) is 5.91 Å². The van der Waals surface area contributed by atoms with E-state index in [2.05, 4.69) is 27.8 Å². The number of amides is 1. The molecule has 1 N–H and O–H groups in total. The number of anilines is 1. The molecule has 1 unspecified atom stereocenters. The molecule has 0 saturated carbocycles. The van der Waals surface area contributed by atoms with Crippen LogP contribution in [0.15, 0.2) is 35.3 Å². The summed E-state index contributed by atoms with van der Waals surface area (Å²) < 4.78 is 24.2. The van der Waals surface area contributed by atoms with Crippen LogP contribution in [-0.2, 0) is 14.6 Å². The van der Waals surface area contributed by atoms with Gasteiger partial charge < -0.3 is 5.32 Å². The smallest absolute Gasteiger partial charge is 0.242 e. The van der Waals surface area contributed by atoms with Crippen molar-refractivity contribution in [1.29, 1.82) is 0 Å². The number of nitrogens with one attached hydrogen (secondary N) is 1. The Hall–Kier alpha value is -1.14. The van der Waals surface area contributed by atoms with E-state index < -0.39 is 21.0 Å². The molecule has 1 amide bonds. The fourth-order valence-electron chi connectivity index (χ4n) is 1.43. The third kappa shape index (κ3) is 4.18. The van der Waals surface area contributed by atoms with Crippen molar-refractivity contribution in [3.63, 3.8) is 0 Å². The number of rotatable bonds is 5. The third-order valence-electron chi connectivity index (χ3n) is 2.64. The first-order valence-electron chi connectivity index (χ1n) is 5.67. The highest BCUT2D eigenvalue weighted by Gasteiger charge is 2.27. The molecule has 1 aromatic rings. The molecule has 1 atom stereocenters. The number of benzene rings is 1. The average molecular weight is 346 g/mol. The lowest BCUT2D eigenvalue weighted by Crippen LogP contribution is -2.33. The van der Waals surface area contributed by atoms with E-state index in [1.54, 1.807) is 6.07 Å². The molecule has 0 spiro atoms. The van der Waals surface area contributed by atoms with Gasteiger partial charge in [-0.2, -0.15) is 0 Å². The highest BCUT2D eigenvalue weighted by molar-refractivity contribution is 9.10. The van der Waals surface area contributed by atoms with Gasteiger partial charge in [-0.25, -0.2) is 8.42 Å². The molecule has 0 aliphatic rings. The molecule has 0 radical (unpaired) electrons. The summed E-state index contributed by atoms with van der Waals surface area (Å²) in [4.78, 5) is 11.9. The van der Waals surface area contributed by atoms with Crippen molar-refractivity contribution in [2.75, 3.05) is 11.1 Å². The molecule has 6 heteroatoms. The fraction of sp³-hybridized carbons (Fsp3) is 0.308. The van der Waals surface area contributed by atoms with Gasteiger partial charge in [0.25, 0.3) is 0 Å². The van der Waals surface area contributed by atoms with Crippen molar-refractivity contribution in [3.8, 4) is 0 Å². The molecule has 0 aliphatic heterocycles. The van der Waals surface area contributed by atoms with E-state index in [1.165, 1.54) is 13.0 Å². The summed E-state index contributed by atoms with van der Waals surface area (Å²) in [6.07, 6.45) is 1.28. The van der Waals surface area contributed by atoms with Gasteiger partial charge in [0.05, 0.1) is 11.4 Å². The first-order valence-corrected chi connectivity index (χ1v) is 8.18. The summed E-state index contributed by atoms with van der Waals surface area (Å²) in [5.74, 6) is -0.761. The van der Waals surface area contributed by atoms with Crippen LogP contribution in [0.25, 0.3) is 0 Å². The zero-order valence-corrected chi connectivity index (χ0v) is 13.2. The first kappa shape index (κ1) is 15.9. The number of hydrogen-bond acceptors (Lipinski definition) is 3. The summed E-state index contributed by atoms with van der Waals surface area (Å²) in [7, 11) is -3.50. The van der Waals surface area contributed by atoms with Gasteiger partial charge in [-0.15, -0.1) is 6.58 Å². The Morgan fingerprint density at radius 2 is 2.16 bits per heavy atom. The molecule has 19 heavy (non-hydrogen) atoms. The van der Waals surface area contributed by atoms with Crippen LogP contribution in [0.4, 0.5) is 5.69 Å². The molecular weight excluding hydrogens is 330 g/mol. The van der Waals surface area contributed by atoms with Crippen LogP contribution in [0.1, 0.15) is 12.5 Å². The predicted molar refractivity (Wildman–Crippen MR) is 81.0 cm³/mol. The molecule has 0 aliphatic carbocycles. The van der Waals surface area contributed by atoms with Crippen molar-refractivity contribution in [1.82, 2.24) is 0 Å². The van der Waals surface area contributed by atoms with Gasteiger partial charge in [0.15, 0.2) is 9.84 Å². The van der Waals surface area contributed by atoms with Crippen LogP contribution in [-0.4, -0.2) is 25.3 Å². The van der Waals surface area contributed by atoms with Crippen LogP contribution in [0, 0.1) is 6.92 Å². The fourth-order valence-corrected chi connectivity index (χ4v) is 3.02. The summed E-state index contributed by atoms with van der Waals surface area (Å²) >= 11 is 3.33. The summed E-state index contributed by atoms with van der Waals surface area (Å²) in [6, 6.07) is 5.41. The monoisotopic (exact) mass is 345 g/mol. The standard InChI is InChI=1S/C13H16BrNO3S/c1-4-7-19(17,18)10(3)13(16)15-12-6-5-9(2)8-11(12)14/h4-6,8,10H,1,7H2,2-3H3,(H,15,16). The van der Waals surface area contributed by atoms with E-state index in [9.17, 15) is 13.2 Å². The Labute approximate surface area is 122 Å². The third-order valence-corrected chi connectivity index (χ3v) is 5.29. The van der Waals surface area contributed by atoms with E-state index in [-0.39, 0.29) is 5.75 Å². The van der Waals surface area contributed by atoms with Crippen molar-refractivity contribution in [2.24, 2.45) is 0 Å². The lowest BCUT2D eigenvalue weighted by molar-refractivity contribution is -0.115. The maximum Gasteiger partial charge on any atom is 0.242 e. The molecule has 104 valence electrons. The zero-order chi connectivity index (χ0) is 14.6. The molecule has 0 heterocycles. The minimum atomic E-state index is -3.50. The molecule has 1 rings (SSSR count). The normalized spacial score (nSPS) is 12.8. The second kappa shape index (κ2) is 6.34. The summed E-state index contributed by atoms with van der Waals surface area (Å²) in [5.41, 5.74) is 1.59. The lowest BCUT2D eigenvalue weighted by atomic mass is 10.2. The van der Waals surface area contributed by atoms with Gasteiger partial charge >= 0.3 is 0 Å². The van der Waals surface area contributed by atoms with Crippen molar-refractivity contribution < 1.29 is 13.2 Å². The lowest BCUT2D eigenvalue weighted by Gasteiger charge is -2.13. The topological polar surface area (TPSA) is 63.2 Å². The van der Waals surface area contributed by atoms with Crippen molar-refractivity contribution >= 4 is 37.4 Å². The molecule has 4 nitrogen and oxygen atoms in total. The number of hydrogen-bond donors (Lipinski definition) is 1. The van der Waals surface area contributed by atoms with E-state index in [4.69, 9.17) is 0 Å². The number of halogens is 1. The van der Waals surface area contributed by atoms with Crippen LogP contribution < -0.4 is 5.32 Å². The maximum atomic E-state index is 11.9. The predicted octanol–water partition coefficient (Wildman–Crippen LogP) is 2.69. The van der Waals surface area contributed by atoms with E-state index in [0.29, 0.717) is 10.2 Å². The Bertz CT molecular complexity index is 596. The molecule has 0 saturated heterocycles. The first-order chi connectivity index (χ1) is 8.77. The highest BCUT2D eigenvalue weighted by Crippen LogP contribution is 2.23. The molecule has 0 aromatic heterocycles. The number of aryl methyl sites for hydroxylation is 1. The van der Waals surface area contributed by atoms with Crippen LogP contribution in [0.5, 0.6) is 0 Å². The molecule has 0 fully saturated rings. The second-order valence-electron chi connectivity index (χ2n) is 4.23. The molecular formula is C13H16BrNO3S. The Kier molecular flexibility index (Phi) is 5.31. The Morgan fingerprint density at radius 1 is 1.53 bits per heavy atom. The second-order valence-corrected chi connectivity index (χ2v) is 7.45. The largest absolute Gasteiger partial charge is 0.324 e.